The predicted octanol–water partition coefficient (Wildman–Crippen LogP) is 2.31. The molecule has 0 heterocycles. The first kappa shape index (κ1) is 4.38. The molecule has 0 nitrogen and oxygen atoms in total. The average molecular weight is 147 g/mol. The Hall–Kier alpha value is 0.220. The fraction of sp³-hybridized carbons (Fsp3) is 0.600. The molecule has 0 aliphatic heterocycles. The fourth-order valence-electron chi connectivity index (χ4n) is 0.583. The van der Waals surface area contributed by atoms with Crippen molar-refractivity contribution in [2.75, 3.05) is 0 Å². The van der Waals surface area contributed by atoms with Crippen LogP contribution < -0.4 is 0 Å². The zero-order valence-electron chi connectivity index (χ0n) is 3.74. The molecule has 1 unspecified atom stereocenters. The molecule has 1 heteroatoms. The molecule has 0 saturated carbocycles. The zero-order valence-corrected chi connectivity index (χ0v) is 5.33. The predicted molar refractivity (Wildman–Crippen MR) is 30.8 cm³/mol. The van der Waals surface area contributed by atoms with Crippen LogP contribution in [-0.4, -0.2) is 0 Å². The molecule has 0 aromatic heterocycles. The molecule has 0 saturated heterocycles. The van der Waals surface area contributed by atoms with Crippen molar-refractivity contribution in [2.24, 2.45) is 5.92 Å². The smallest absolute Gasteiger partial charge is 0.00806 e. The highest BCUT2D eigenvalue weighted by atomic mass is 79.9. The summed E-state index contributed by atoms with van der Waals surface area (Å²) in [4.78, 5) is 0. The van der Waals surface area contributed by atoms with E-state index in [9.17, 15) is 0 Å². The van der Waals surface area contributed by atoms with Gasteiger partial charge >= 0.3 is 0 Å². The van der Waals surface area contributed by atoms with E-state index in [0.29, 0.717) is 0 Å². The monoisotopic (exact) mass is 146 g/mol. The Morgan fingerprint density at radius 1 is 2.00 bits per heavy atom. The molecule has 1 aliphatic carbocycles. The first-order valence-electron chi connectivity index (χ1n) is 2.15. The van der Waals surface area contributed by atoms with Gasteiger partial charge < -0.3 is 0 Å². The number of rotatable bonds is 0. The first-order chi connectivity index (χ1) is 2.79. The maximum absolute atomic E-state index is 3.36. The molecule has 0 amide bonds. The van der Waals surface area contributed by atoms with E-state index in [1.807, 2.05) is 0 Å². The average Bonchev–Trinajstić information content (AvgIpc) is 1.33. The van der Waals surface area contributed by atoms with Crippen LogP contribution in [0.4, 0.5) is 0 Å². The summed E-state index contributed by atoms with van der Waals surface area (Å²) < 4.78 is 1.37. The van der Waals surface area contributed by atoms with E-state index in [-0.39, 0.29) is 0 Å². The Morgan fingerprint density at radius 3 is 2.50 bits per heavy atom. The van der Waals surface area contributed by atoms with E-state index >= 15 is 0 Å². The van der Waals surface area contributed by atoms with E-state index in [4.69, 9.17) is 0 Å². The number of hydrogen-bond donors (Lipinski definition) is 0. The minimum Gasteiger partial charge on any atom is -0.0712 e. The van der Waals surface area contributed by atoms with Gasteiger partial charge in [0.1, 0.15) is 0 Å². The Balaban J connectivity index is 2.46. The molecule has 0 aromatic rings. The van der Waals surface area contributed by atoms with Gasteiger partial charge in [0.15, 0.2) is 0 Å². The van der Waals surface area contributed by atoms with Crippen molar-refractivity contribution in [3.8, 4) is 0 Å². The summed E-state index contributed by atoms with van der Waals surface area (Å²) in [6.07, 6.45) is 3.47. The zero-order chi connectivity index (χ0) is 4.57. The van der Waals surface area contributed by atoms with Crippen molar-refractivity contribution >= 4 is 15.9 Å². The lowest BCUT2D eigenvalue weighted by atomic mass is 9.98. The van der Waals surface area contributed by atoms with E-state index in [0.717, 1.165) is 5.92 Å². The van der Waals surface area contributed by atoms with E-state index < -0.39 is 0 Å². The van der Waals surface area contributed by atoms with Crippen LogP contribution in [0.25, 0.3) is 0 Å². The van der Waals surface area contributed by atoms with Crippen LogP contribution in [0.3, 0.4) is 0 Å². The van der Waals surface area contributed by atoms with Crippen LogP contribution in [0, 0.1) is 5.92 Å². The van der Waals surface area contributed by atoms with Gasteiger partial charge in [0.25, 0.3) is 0 Å². The van der Waals surface area contributed by atoms with Gasteiger partial charge in [-0.25, -0.2) is 0 Å². The summed E-state index contributed by atoms with van der Waals surface area (Å²) >= 11 is 3.36. The molecule has 0 spiro atoms. The van der Waals surface area contributed by atoms with Crippen molar-refractivity contribution in [3.05, 3.63) is 10.6 Å². The minimum atomic E-state index is 0.833. The highest BCUT2D eigenvalue weighted by Gasteiger charge is 2.09. The Labute approximate surface area is 46.4 Å². The Bertz CT molecular complexity index is 83.9. The summed E-state index contributed by atoms with van der Waals surface area (Å²) in [5.74, 6) is 0.833. The molecular weight excluding hydrogens is 140 g/mol. The highest BCUT2D eigenvalue weighted by Crippen LogP contribution is 2.29. The topological polar surface area (TPSA) is 0 Å². The van der Waals surface area contributed by atoms with Gasteiger partial charge in [-0.3, -0.25) is 0 Å². The fourth-order valence-corrected chi connectivity index (χ4v) is 1.54. The molecule has 0 fully saturated rings. The van der Waals surface area contributed by atoms with Gasteiger partial charge in [-0.15, -0.1) is 0 Å². The normalized spacial score (nSPS) is 31.7. The van der Waals surface area contributed by atoms with Crippen molar-refractivity contribution < 1.29 is 0 Å². The molecule has 1 aliphatic rings. The summed E-state index contributed by atoms with van der Waals surface area (Å²) in [6.45, 7) is 2.21. The quantitative estimate of drug-likeness (QED) is 0.493. The van der Waals surface area contributed by atoms with Crippen molar-refractivity contribution in [1.82, 2.24) is 0 Å². The van der Waals surface area contributed by atoms with Crippen LogP contribution in [0.1, 0.15) is 13.3 Å². The number of allylic oxidation sites excluding steroid dienone is 2. The van der Waals surface area contributed by atoms with Crippen LogP contribution in [-0.2, 0) is 0 Å². The third-order valence-electron chi connectivity index (χ3n) is 0.982. The first-order valence-corrected chi connectivity index (χ1v) is 2.94. The molecule has 34 valence electrons. The minimum absolute atomic E-state index is 0.833. The van der Waals surface area contributed by atoms with Gasteiger partial charge in [0, 0.05) is 0 Å². The maximum Gasteiger partial charge on any atom is -0.00806 e. The second kappa shape index (κ2) is 1.38. The van der Waals surface area contributed by atoms with Crippen molar-refractivity contribution in [3.63, 3.8) is 0 Å². The SMILES string of the molecule is CC1C=C(Br)C1. The standard InChI is InChI=1S/C5H7Br/c1-4-2-5(6)3-4/h2,4H,3H2,1H3. The Kier molecular flexibility index (Phi) is 1.00. The molecule has 6 heavy (non-hydrogen) atoms. The van der Waals surface area contributed by atoms with Gasteiger partial charge in [-0.05, 0) is 16.8 Å². The van der Waals surface area contributed by atoms with E-state index in [1.165, 1.54) is 10.9 Å². The highest BCUT2D eigenvalue weighted by molar-refractivity contribution is 9.11. The largest absolute Gasteiger partial charge is 0.0712 e. The number of hydrogen-bond acceptors (Lipinski definition) is 0. The molecule has 1 rings (SSSR count). The molecule has 0 N–H and O–H groups in total. The molecule has 0 bridgehead atoms. The second-order valence-corrected chi connectivity index (χ2v) is 2.81. The third kappa shape index (κ3) is 0.648. The number of halogens is 1. The van der Waals surface area contributed by atoms with Crippen LogP contribution >= 0.6 is 15.9 Å². The van der Waals surface area contributed by atoms with Gasteiger partial charge in [0.2, 0.25) is 0 Å². The van der Waals surface area contributed by atoms with Crippen molar-refractivity contribution in [1.29, 1.82) is 0 Å². The van der Waals surface area contributed by atoms with Gasteiger partial charge in [-0.1, -0.05) is 28.9 Å². The lowest BCUT2D eigenvalue weighted by Gasteiger charge is -2.14. The van der Waals surface area contributed by atoms with Gasteiger partial charge in [-0.2, -0.15) is 0 Å². The van der Waals surface area contributed by atoms with E-state index in [2.05, 4.69) is 28.9 Å². The van der Waals surface area contributed by atoms with Crippen molar-refractivity contribution in [2.45, 2.75) is 13.3 Å². The lowest BCUT2D eigenvalue weighted by molar-refractivity contribution is 0.673. The molecule has 0 aromatic carbocycles. The third-order valence-corrected chi connectivity index (χ3v) is 1.57. The second-order valence-electron chi connectivity index (χ2n) is 1.79. The van der Waals surface area contributed by atoms with Crippen LogP contribution in [0.5, 0.6) is 0 Å². The summed E-state index contributed by atoms with van der Waals surface area (Å²) in [5, 5.41) is 0. The molecule has 0 radical (unpaired) electrons. The molecular formula is C5H7Br. The maximum atomic E-state index is 3.36. The molecule has 1 atom stereocenters. The van der Waals surface area contributed by atoms with Crippen LogP contribution in [0.2, 0.25) is 0 Å². The Morgan fingerprint density at radius 2 is 2.50 bits per heavy atom. The van der Waals surface area contributed by atoms with E-state index in [1.54, 1.807) is 0 Å². The summed E-state index contributed by atoms with van der Waals surface area (Å²) in [6, 6.07) is 0. The van der Waals surface area contributed by atoms with Gasteiger partial charge in [0.05, 0.1) is 0 Å². The summed E-state index contributed by atoms with van der Waals surface area (Å²) in [7, 11) is 0. The summed E-state index contributed by atoms with van der Waals surface area (Å²) in [5.41, 5.74) is 0. The lowest BCUT2D eigenvalue weighted by Crippen LogP contribution is -1.99. The van der Waals surface area contributed by atoms with Crippen LogP contribution in [0.15, 0.2) is 10.6 Å².